The Morgan fingerprint density at radius 1 is 0.882 bits per heavy atom. The van der Waals surface area contributed by atoms with Crippen molar-refractivity contribution in [2.75, 3.05) is 19.8 Å². The number of Topliss-reactive ketones (excluding diaryl/α,β-unsaturated/α-hetero) is 1. The third-order valence-electron chi connectivity index (χ3n) is 6.13. The van der Waals surface area contributed by atoms with E-state index in [0.717, 1.165) is 16.9 Å². The van der Waals surface area contributed by atoms with Crippen molar-refractivity contribution < 1.29 is 23.9 Å². The first-order valence-corrected chi connectivity index (χ1v) is 11.2. The highest BCUT2D eigenvalue weighted by Crippen LogP contribution is 2.34. The van der Waals surface area contributed by atoms with Crippen molar-refractivity contribution in [2.24, 2.45) is 0 Å². The van der Waals surface area contributed by atoms with Gasteiger partial charge < -0.3 is 14.8 Å². The van der Waals surface area contributed by atoms with Crippen LogP contribution >= 0.6 is 0 Å². The molecule has 2 aliphatic rings. The standard InChI is InChI=1S/C27H24N2O5/c30-22(20-12-13-23-24(16-20)34-15-7-14-33-23)18-29-25(31)27(28-26(29)32,21-10-5-2-6-11-21)17-19-8-3-1-4-9-19/h1-6,8-13,16H,7,14-15,17-18H2,(H,28,32)/t27-/m0/s1. The van der Waals surface area contributed by atoms with Crippen LogP contribution in [0, 0.1) is 0 Å². The van der Waals surface area contributed by atoms with Gasteiger partial charge in [0.25, 0.3) is 5.91 Å². The third kappa shape index (κ3) is 4.01. The van der Waals surface area contributed by atoms with Gasteiger partial charge >= 0.3 is 6.03 Å². The molecule has 3 aromatic carbocycles. The van der Waals surface area contributed by atoms with Gasteiger partial charge in [-0.15, -0.1) is 0 Å². The van der Waals surface area contributed by atoms with Crippen molar-refractivity contribution in [3.8, 4) is 11.5 Å². The number of hydrogen-bond acceptors (Lipinski definition) is 5. The first-order valence-electron chi connectivity index (χ1n) is 11.2. The van der Waals surface area contributed by atoms with Crippen molar-refractivity contribution in [2.45, 2.75) is 18.4 Å². The predicted octanol–water partition coefficient (Wildman–Crippen LogP) is 3.72. The second-order valence-electron chi connectivity index (χ2n) is 8.39. The van der Waals surface area contributed by atoms with Crippen LogP contribution in [0.5, 0.6) is 11.5 Å². The minimum atomic E-state index is -1.29. The van der Waals surface area contributed by atoms with Gasteiger partial charge in [0.2, 0.25) is 0 Å². The highest BCUT2D eigenvalue weighted by atomic mass is 16.5. The van der Waals surface area contributed by atoms with Gasteiger partial charge in [0.15, 0.2) is 22.8 Å². The Morgan fingerprint density at radius 3 is 2.29 bits per heavy atom. The van der Waals surface area contributed by atoms with Crippen LogP contribution in [0.4, 0.5) is 4.79 Å². The summed E-state index contributed by atoms with van der Waals surface area (Å²) in [4.78, 5) is 40.8. The molecule has 1 N–H and O–H groups in total. The van der Waals surface area contributed by atoms with Crippen molar-refractivity contribution in [3.05, 3.63) is 95.6 Å². The van der Waals surface area contributed by atoms with Crippen LogP contribution in [0.2, 0.25) is 0 Å². The number of carbonyl (C=O) groups is 3. The highest BCUT2D eigenvalue weighted by Gasteiger charge is 2.52. The van der Waals surface area contributed by atoms with E-state index < -0.39 is 17.5 Å². The number of carbonyl (C=O) groups excluding carboxylic acids is 3. The van der Waals surface area contributed by atoms with Crippen LogP contribution in [-0.4, -0.2) is 42.4 Å². The van der Waals surface area contributed by atoms with E-state index in [1.165, 1.54) is 0 Å². The van der Waals surface area contributed by atoms with Crippen molar-refractivity contribution in [1.82, 2.24) is 10.2 Å². The fourth-order valence-electron chi connectivity index (χ4n) is 4.38. The van der Waals surface area contributed by atoms with Gasteiger partial charge in [-0.2, -0.15) is 0 Å². The lowest BCUT2D eigenvalue weighted by Crippen LogP contribution is -2.46. The minimum absolute atomic E-state index is 0.275. The van der Waals surface area contributed by atoms with E-state index in [2.05, 4.69) is 5.32 Å². The Labute approximate surface area is 197 Å². The van der Waals surface area contributed by atoms with E-state index in [0.29, 0.717) is 35.8 Å². The van der Waals surface area contributed by atoms with Crippen LogP contribution < -0.4 is 14.8 Å². The topological polar surface area (TPSA) is 84.9 Å². The number of rotatable bonds is 6. The summed E-state index contributed by atoms with van der Waals surface area (Å²) in [5, 5.41) is 2.89. The van der Waals surface area contributed by atoms with Crippen molar-refractivity contribution in [3.63, 3.8) is 0 Å². The monoisotopic (exact) mass is 456 g/mol. The van der Waals surface area contributed by atoms with Crippen LogP contribution in [0.25, 0.3) is 0 Å². The third-order valence-corrected chi connectivity index (χ3v) is 6.13. The van der Waals surface area contributed by atoms with Crippen LogP contribution in [0.15, 0.2) is 78.9 Å². The molecule has 3 aromatic rings. The number of urea groups is 1. The lowest BCUT2D eigenvalue weighted by atomic mass is 9.83. The van der Waals surface area contributed by atoms with Crippen LogP contribution in [0.3, 0.4) is 0 Å². The molecule has 0 radical (unpaired) electrons. The lowest BCUT2D eigenvalue weighted by molar-refractivity contribution is -0.131. The zero-order valence-corrected chi connectivity index (χ0v) is 18.5. The highest BCUT2D eigenvalue weighted by molar-refractivity contribution is 6.11. The molecule has 1 atom stereocenters. The van der Waals surface area contributed by atoms with E-state index in [-0.39, 0.29) is 18.7 Å². The van der Waals surface area contributed by atoms with Crippen molar-refractivity contribution >= 4 is 17.7 Å². The molecule has 0 spiro atoms. The first kappa shape index (κ1) is 21.7. The molecular formula is C27H24N2O5. The molecule has 7 nitrogen and oxygen atoms in total. The molecule has 2 heterocycles. The zero-order chi connectivity index (χ0) is 23.5. The van der Waals surface area contributed by atoms with E-state index in [1.54, 1.807) is 18.2 Å². The van der Waals surface area contributed by atoms with E-state index in [9.17, 15) is 14.4 Å². The smallest absolute Gasteiger partial charge is 0.325 e. The van der Waals surface area contributed by atoms with Gasteiger partial charge in [-0.3, -0.25) is 14.5 Å². The number of nitrogens with one attached hydrogen (secondary N) is 1. The summed E-state index contributed by atoms with van der Waals surface area (Å²) in [6.07, 6.45) is 1.03. The van der Waals surface area contributed by atoms with E-state index >= 15 is 0 Å². The summed E-state index contributed by atoms with van der Waals surface area (Å²) in [6, 6.07) is 23.0. The SMILES string of the molecule is O=C(CN1C(=O)N[C@@](Cc2ccccc2)(c2ccccc2)C1=O)c1ccc2c(c1)OCCCO2. The zero-order valence-electron chi connectivity index (χ0n) is 18.5. The predicted molar refractivity (Wildman–Crippen MR) is 125 cm³/mol. The maximum Gasteiger partial charge on any atom is 0.325 e. The molecular weight excluding hydrogens is 432 g/mol. The number of amides is 3. The van der Waals surface area contributed by atoms with Crippen LogP contribution in [-0.2, 0) is 16.8 Å². The summed E-state index contributed by atoms with van der Waals surface area (Å²) in [5.74, 6) is 0.260. The molecule has 34 heavy (non-hydrogen) atoms. The van der Waals surface area contributed by atoms with Gasteiger partial charge in [0.05, 0.1) is 19.8 Å². The quantitative estimate of drug-likeness (QED) is 0.451. The molecule has 0 bridgehead atoms. The number of fused-ring (bicyclic) bond motifs is 1. The second kappa shape index (κ2) is 9.02. The maximum absolute atomic E-state index is 13.7. The van der Waals surface area contributed by atoms with Gasteiger partial charge in [-0.1, -0.05) is 60.7 Å². The number of hydrogen-bond donors (Lipinski definition) is 1. The summed E-state index contributed by atoms with van der Waals surface area (Å²) in [5.41, 5.74) is 0.633. The lowest BCUT2D eigenvalue weighted by Gasteiger charge is -2.27. The molecule has 2 aliphatic heterocycles. The second-order valence-corrected chi connectivity index (χ2v) is 8.39. The number of imide groups is 1. The molecule has 0 saturated carbocycles. The number of ether oxygens (including phenoxy) is 2. The molecule has 5 rings (SSSR count). The fraction of sp³-hybridized carbons (Fsp3) is 0.222. The summed E-state index contributed by atoms with van der Waals surface area (Å²) < 4.78 is 11.3. The van der Waals surface area contributed by atoms with Gasteiger partial charge in [-0.05, 0) is 29.3 Å². The average Bonchev–Trinajstić information content (AvgIpc) is 3.02. The Hall–Kier alpha value is -4.13. The molecule has 0 unspecified atom stereocenters. The number of nitrogens with zero attached hydrogens (tertiary/aromatic N) is 1. The Balaban J connectivity index is 1.43. The van der Waals surface area contributed by atoms with Crippen LogP contribution in [0.1, 0.15) is 27.9 Å². The molecule has 1 fully saturated rings. The molecule has 0 aromatic heterocycles. The molecule has 172 valence electrons. The maximum atomic E-state index is 13.7. The van der Waals surface area contributed by atoms with Gasteiger partial charge in [0, 0.05) is 18.4 Å². The minimum Gasteiger partial charge on any atom is -0.490 e. The Kier molecular flexibility index (Phi) is 5.76. The first-order chi connectivity index (χ1) is 16.6. The number of benzene rings is 3. The largest absolute Gasteiger partial charge is 0.490 e. The summed E-state index contributed by atoms with van der Waals surface area (Å²) in [7, 11) is 0. The molecule has 0 aliphatic carbocycles. The Bertz CT molecular complexity index is 1230. The average molecular weight is 456 g/mol. The summed E-state index contributed by atoms with van der Waals surface area (Å²) in [6.45, 7) is 0.677. The van der Waals surface area contributed by atoms with E-state index in [4.69, 9.17) is 9.47 Å². The number of ketones is 1. The summed E-state index contributed by atoms with van der Waals surface area (Å²) >= 11 is 0. The molecule has 3 amide bonds. The van der Waals surface area contributed by atoms with Gasteiger partial charge in [-0.25, -0.2) is 4.79 Å². The fourth-order valence-corrected chi connectivity index (χ4v) is 4.38. The molecule has 1 saturated heterocycles. The van der Waals surface area contributed by atoms with E-state index in [1.807, 2.05) is 60.7 Å². The van der Waals surface area contributed by atoms with Gasteiger partial charge in [0.1, 0.15) is 0 Å². The Morgan fingerprint density at radius 2 is 1.56 bits per heavy atom. The molecule has 7 heteroatoms. The normalized spacial score (nSPS) is 19.5. The van der Waals surface area contributed by atoms with Crippen molar-refractivity contribution in [1.29, 1.82) is 0 Å².